The largest absolute Gasteiger partial charge is 0.466 e. The molecule has 0 fully saturated rings. The Bertz CT molecular complexity index is 245. The van der Waals surface area contributed by atoms with Gasteiger partial charge in [-0.25, -0.2) is 0 Å². The Balaban J connectivity index is 2.45. The molecule has 1 heteroatoms. The lowest BCUT2D eigenvalue weighted by Crippen LogP contribution is -1.81. The first kappa shape index (κ1) is 8.12. The molecule has 0 aliphatic carbocycles. The fourth-order valence-electron chi connectivity index (χ4n) is 0.956. The SMILES string of the molecule is C=C(C)CCc1ccc(C)o1. The van der Waals surface area contributed by atoms with Crippen molar-refractivity contribution in [3.05, 3.63) is 35.8 Å². The van der Waals surface area contributed by atoms with Crippen LogP contribution in [0.2, 0.25) is 0 Å². The van der Waals surface area contributed by atoms with Crippen LogP contribution in [0.3, 0.4) is 0 Å². The first-order valence-electron chi connectivity index (χ1n) is 3.88. The first-order valence-corrected chi connectivity index (χ1v) is 3.88. The van der Waals surface area contributed by atoms with Crippen LogP contribution in [0.4, 0.5) is 0 Å². The molecule has 0 aliphatic rings. The maximum absolute atomic E-state index is 5.39. The maximum Gasteiger partial charge on any atom is 0.104 e. The summed E-state index contributed by atoms with van der Waals surface area (Å²) in [6.45, 7) is 7.84. The van der Waals surface area contributed by atoms with E-state index >= 15 is 0 Å². The van der Waals surface area contributed by atoms with Crippen LogP contribution in [-0.2, 0) is 6.42 Å². The van der Waals surface area contributed by atoms with Crippen molar-refractivity contribution >= 4 is 0 Å². The van der Waals surface area contributed by atoms with Gasteiger partial charge in [0.25, 0.3) is 0 Å². The average molecular weight is 150 g/mol. The highest BCUT2D eigenvalue weighted by atomic mass is 16.3. The van der Waals surface area contributed by atoms with Crippen LogP contribution in [0.15, 0.2) is 28.7 Å². The molecule has 0 spiro atoms. The number of allylic oxidation sites excluding steroid dienone is 1. The van der Waals surface area contributed by atoms with E-state index < -0.39 is 0 Å². The molecule has 0 saturated heterocycles. The van der Waals surface area contributed by atoms with Gasteiger partial charge in [0.2, 0.25) is 0 Å². The van der Waals surface area contributed by atoms with E-state index in [0.717, 1.165) is 24.4 Å². The Hall–Kier alpha value is -0.980. The second-order valence-electron chi connectivity index (χ2n) is 2.97. The summed E-state index contributed by atoms with van der Waals surface area (Å²) in [5.41, 5.74) is 1.21. The van der Waals surface area contributed by atoms with E-state index in [9.17, 15) is 0 Å². The predicted octanol–water partition coefficient (Wildman–Crippen LogP) is 3.10. The number of hydrogen-bond acceptors (Lipinski definition) is 1. The van der Waals surface area contributed by atoms with Gasteiger partial charge in [-0.05, 0) is 32.4 Å². The molecule has 0 bridgehead atoms. The molecule has 1 heterocycles. The molecule has 0 unspecified atom stereocenters. The number of furan rings is 1. The summed E-state index contributed by atoms with van der Waals surface area (Å²) < 4.78 is 5.39. The van der Waals surface area contributed by atoms with Crippen LogP contribution >= 0.6 is 0 Å². The quantitative estimate of drug-likeness (QED) is 0.603. The van der Waals surface area contributed by atoms with Gasteiger partial charge in [0.1, 0.15) is 11.5 Å². The molecular weight excluding hydrogens is 136 g/mol. The van der Waals surface area contributed by atoms with Gasteiger partial charge in [-0.2, -0.15) is 0 Å². The molecule has 0 radical (unpaired) electrons. The highest BCUT2D eigenvalue weighted by molar-refractivity contribution is 5.07. The standard InChI is InChI=1S/C10H14O/c1-8(2)4-6-10-7-5-9(3)11-10/h5,7H,1,4,6H2,2-3H3. The molecule has 1 aromatic heterocycles. The molecule has 1 nitrogen and oxygen atoms in total. The van der Waals surface area contributed by atoms with Gasteiger partial charge in [0.05, 0.1) is 0 Å². The fraction of sp³-hybridized carbons (Fsp3) is 0.400. The number of aryl methyl sites for hydroxylation is 2. The molecular formula is C10H14O. The van der Waals surface area contributed by atoms with Crippen molar-refractivity contribution in [2.45, 2.75) is 26.7 Å². The van der Waals surface area contributed by atoms with E-state index in [2.05, 4.69) is 6.58 Å². The van der Waals surface area contributed by atoms with Gasteiger partial charge in [-0.1, -0.05) is 5.57 Å². The van der Waals surface area contributed by atoms with Crippen LogP contribution in [0, 0.1) is 6.92 Å². The van der Waals surface area contributed by atoms with Gasteiger partial charge in [0, 0.05) is 6.42 Å². The van der Waals surface area contributed by atoms with Crippen LogP contribution in [0.1, 0.15) is 24.9 Å². The molecule has 0 aliphatic heterocycles. The Morgan fingerprint density at radius 3 is 2.73 bits per heavy atom. The van der Waals surface area contributed by atoms with Crippen molar-refractivity contribution in [3.8, 4) is 0 Å². The Morgan fingerprint density at radius 1 is 1.55 bits per heavy atom. The molecule has 0 saturated carbocycles. The lowest BCUT2D eigenvalue weighted by atomic mass is 10.1. The molecule has 0 aromatic carbocycles. The molecule has 1 rings (SSSR count). The van der Waals surface area contributed by atoms with Gasteiger partial charge in [0.15, 0.2) is 0 Å². The van der Waals surface area contributed by atoms with Crippen LogP contribution in [-0.4, -0.2) is 0 Å². The fourth-order valence-corrected chi connectivity index (χ4v) is 0.956. The minimum atomic E-state index is 0.975. The lowest BCUT2D eigenvalue weighted by molar-refractivity contribution is 0.482. The van der Waals surface area contributed by atoms with Crippen molar-refractivity contribution in [2.24, 2.45) is 0 Å². The Labute approximate surface area is 67.7 Å². The zero-order valence-corrected chi connectivity index (χ0v) is 7.18. The van der Waals surface area contributed by atoms with E-state index in [1.807, 2.05) is 26.0 Å². The molecule has 0 amide bonds. The average Bonchev–Trinajstić information content (AvgIpc) is 2.31. The second-order valence-corrected chi connectivity index (χ2v) is 2.97. The summed E-state index contributed by atoms with van der Waals surface area (Å²) >= 11 is 0. The van der Waals surface area contributed by atoms with E-state index in [4.69, 9.17) is 4.42 Å². The van der Waals surface area contributed by atoms with Crippen molar-refractivity contribution in [1.82, 2.24) is 0 Å². The summed E-state index contributed by atoms with van der Waals surface area (Å²) in [6.07, 6.45) is 2.00. The monoisotopic (exact) mass is 150 g/mol. The van der Waals surface area contributed by atoms with Crippen LogP contribution < -0.4 is 0 Å². The van der Waals surface area contributed by atoms with Crippen molar-refractivity contribution < 1.29 is 4.42 Å². The van der Waals surface area contributed by atoms with Crippen molar-refractivity contribution in [3.63, 3.8) is 0 Å². The second kappa shape index (κ2) is 3.42. The number of hydrogen-bond donors (Lipinski definition) is 0. The Kier molecular flexibility index (Phi) is 2.53. The van der Waals surface area contributed by atoms with Gasteiger partial charge >= 0.3 is 0 Å². The lowest BCUT2D eigenvalue weighted by Gasteiger charge is -1.94. The molecule has 0 atom stereocenters. The zero-order chi connectivity index (χ0) is 8.27. The molecule has 60 valence electrons. The third-order valence-corrected chi connectivity index (χ3v) is 1.59. The zero-order valence-electron chi connectivity index (χ0n) is 7.18. The molecule has 11 heavy (non-hydrogen) atoms. The summed E-state index contributed by atoms with van der Waals surface area (Å²) in [5, 5.41) is 0. The topological polar surface area (TPSA) is 13.1 Å². The normalized spacial score (nSPS) is 10.0. The minimum absolute atomic E-state index is 0.975. The molecule has 1 aromatic rings. The summed E-state index contributed by atoms with van der Waals surface area (Å²) in [7, 11) is 0. The summed E-state index contributed by atoms with van der Waals surface area (Å²) in [6, 6.07) is 4.02. The van der Waals surface area contributed by atoms with E-state index in [0.29, 0.717) is 0 Å². The van der Waals surface area contributed by atoms with Gasteiger partial charge in [-0.3, -0.25) is 0 Å². The highest BCUT2D eigenvalue weighted by Gasteiger charge is 1.97. The van der Waals surface area contributed by atoms with Gasteiger partial charge in [-0.15, -0.1) is 6.58 Å². The van der Waals surface area contributed by atoms with Gasteiger partial charge < -0.3 is 4.42 Å². The summed E-state index contributed by atoms with van der Waals surface area (Å²) in [5.74, 6) is 2.05. The predicted molar refractivity (Wildman–Crippen MR) is 46.6 cm³/mol. The first-order chi connectivity index (χ1) is 5.18. The van der Waals surface area contributed by atoms with Crippen molar-refractivity contribution in [2.75, 3.05) is 0 Å². The Morgan fingerprint density at radius 2 is 2.27 bits per heavy atom. The summed E-state index contributed by atoms with van der Waals surface area (Å²) in [4.78, 5) is 0. The third-order valence-electron chi connectivity index (χ3n) is 1.59. The maximum atomic E-state index is 5.39. The minimum Gasteiger partial charge on any atom is -0.466 e. The van der Waals surface area contributed by atoms with E-state index in [1.165, 1.54) is 5.57 Å². The van der Waals surface area contributed by atoms with Crippen LogP contribution in [0.5, 0.6) is 0 Å². The smallest absolute Gasteiger partial charge is 0.104 e. The molecule has 0 N–H and O–H groups in total. The van der Waals surface area contributed by atoms with Crippen LogP contribution in [0.25, 0.3) is 0 Å². The number of rotatable bonds is 3. The highest BCUT2D eigenvalue weighted by Crippen LogP contribution is 2.10. The van der Waals surface area contributed by atoms with Crippen molar-refractivity contribution in [1.29, 1.82) is 0 Å². The van der Waals surface area contributed by atoms with E-state index in [-0.39, 0.29) is 0 Å². The van der Waals surface area contributed by atoms with E-state index in [1.54, 1.807) is 0 Å². The third kappa shape index (κ3) is 2.62.